The van der Waals surface area contributed by atoms with E-state index in [1.807, 2.05) is 19.1 Å². The highest BCUT2D eigenvalue weighted by atomic mass is 79.9. The minimum Gasteiger partial charge on any atom is -0.480 e. The predicted molar refractivity (Wildman–Crippen MR) is 77.2 cm³/mol. The third-order valence-corrected chi connectivity index (χ3v) is 3.18. The van der Waals surface area contributed by atoms with Gasteiger partial charge >= 0.3 is 5.97 Å². The SMILES string of the molecule is Cc1cc(Br)ccc1NC(=O)CNC(C)(C)C(=O)O. The minimum absolute atomic E-state index is 0.0607. The number of benzene rings is 1. The van der Waals surface area contributed by atoms with Crippen molar-refractivity contribution in [1.29, 1.82) is 0 Å². The van der Waals surface area contributed by atoms with Gasteiger partial charge in [-0.3, -0.25) is 14.9 Å². The van der Waals surface area contributed by atoms with E-state index in [0.29, 0.717) is 5.69 Å². The largest absolute Gasteiger partial charge is 0.480 e. The molecular formula is C13H17BrN2O3. The van der Waals surface area contributed by atoms with Crippen LogP contribution in [0.25, 0.3) is 0 Å². The summed E-state index contributed by atoms with van der Waals surface area (Å²) in [6.45, 7) is 4.84. The van der Waals surface area contributed by atoms with E-state index in [0.717, 1.165) is 10.0 Å². The Morgan fingerprint density at radius 3 is 2.53 bits per heavy atom. The number of aryl methyl sites for hydroxylation is 1. The summed E-state index contributed by atoms with van der Waals surface area (Å²) in [6.07, 6.45) is 0. The summed E-state index contributed by atoms with van der Waals surface area (Å²) in [6, 6.07) is 5.51. The van der Waals surface area contributed by atoms with Crippen LogP contribution in [0, 0.1) is 6.92 Å². The highest BCUT2D eigenvalue weighted by Gasteiger charge is 2.26. The maximum atomic E-state index is 11.7. The van der Waals surface area contributed by atoms with Crippen molar-refractivity contribution >= 4 is 33.5 Å². The van der Waals surface area contributed by atoms with Crippen LogP contribution >= 0.6 is 15.9 Å². The highest BCUT2D eigenvalue weighted by Crippen LogP contribution is 2.19. The Kier molecular flexibility index (Phi) is 5.08. The number of hydrogen-bond acceptors (Lipinski definition) is 3. The van der Waals surface area contributed by atoms with Gasteiger partial charge in [0.15, 0.2) is 0 Å². The Morgan fingerprint density at radius 2 is 2.00 bits per heavy atom. The van der Waals surface area contributed by atoms with Gasteiger partial charge in [0.2, 0.25) is 5.91 Å². The highest BCUT2D eigenvalue weighted by molar-refractivity contribution is 9.10. The van der Waals surface area contributed by atoms with Crippen molar-refractivity contribution in [1.82, 2.24) is 5.32 Å². The molecule has 0 fully saturated rings. The number of amides is 1. The van der Waals surface area contributed by atoms with E-state index in [1.165, 1.54) is 13.8 Å². The van der Waals surface area contributed by atoms with Gasteiger partial charge in [-0.25, -0.2) is 0 Å². The fourth-order valence-electron chi connectivity index (χ4n) is 1.34. The summed E-state index contributed by atoms with van der Waals surface area (Å²) < 4.78 is 0.938. The second-order valence-electron chi connectivity index (χ2n) is 4.79. The molecular weight excluding hydrogens is 312 g/mol. The van der Waals surface area contributed by atoms with Crippen LogP contribution in [0.5, 0.6) is 0 Å². The van der Waals surface area contributed by atoms with Gasteiger partial charge in [0.1, 0.15) is 5.54 Å². The second-order valence-corrected chi connectivity index (χ2v) is 5.71. The first-order valence-electron chi connectivity index (χ1n) is 5.77. The van der Waals surface area contributed by atoms with Crippen molar-refractivity contribution in [3.8, 4) is 0 Å². The summed E-state index contributed by atoms with van der Waals surface area (Å²) in [4.78, 5) is 22.6. The number of hydrogen-bond donors (Lipinski definition) is 3. The topological polar surface area (TPSA) is 78.4 Å². The maximum absolute atomic E-state index is 11.7. The van der Waals surface area contributed by atoms with Crippen molar-refractivity contribution in [3.63, 3.8) is 0 Å². The van der Waals surface area contributed by atoms with E-state index < -0.39 is 11.5 Å². The quantitative estimate of drug-likeness (QED) is 0.773. The lowest BCUT2D eigenvalue weighted by Crippen LogP contribution is -2.49. The molecule has 0 aliphatic rings. The number of carbonyl (C=O) groups excluding carboxylic acids is 1. The molecule has 0 bridgehead atoms. The van der Waals surface area contributed by atoms with Gasteiger partial charge in [-0.05, 0) is 44.5 Å². The van der Waals surface area contributed by atoms with Crippen LogP contribution in [0.1, 0.15) is 19.4 Å². The van der Waals surface area contributed by atoms with Crippen molar-refractivity contribution in [3.05, 3.63) is 28.2 Å². The summed E-state index contributed by atoms with van der Waals surface area (Å²) in [5.41, 5.74) is 0.509. The number of nitrogens with one attached hydrogen (secondary N) is 2. The standard InChI is InChI=1S/C13H17BrN2O3/c1-8-6-9(14)4-5-10(8)16-11(17)7-15-13(2,3)12(18)19/h4-6,15H,7H2,1-3H3,(H,16,17)(H,18,19). The number of anilines is 1. The molecule has 1 aromatic rings. The number of rotatable bonds is 5. The lowest BCUT2D eigenvalue weighted by Gasteiger charge is -2.20. The summed E-state index contributed by atoms with van der Waals surface area (Å²) >= 11 is 3.34. The summed E-state index contributed by atoms with van der Waals surface area (Å²) in [5.74, 6) is -1.28. The maximum Gasteiger partial charge on any atom is 0.323 e. The van der Waals surface area contributed by atoms with Gasteiger partial charge in [-0.2, -0.15) is 0 Å². The zero-order valence-electron chi connectivity index (χ0n) is 11.1. The van der Waals surface area contributed by atoms with Crippen LogP contribution in [-0.2, 0) is 9.59 Å². The Bertz CT molecular complexity index is 501. The number of carbonyl (C=O) groups is 2. The first kappa shape index (κ1) is 15.7. The molecule has 104 valence electrons. The molecule has 0 atom stereocenters. The molecule has 0 heterocycles. The van der Waals surface area contributed by atoms with Gasteiger partial charge in [-0.15, -0.1) is 0 Å². The van der Waals surface area contributed by atoms with Crippen LogP contribution in [-0.4, -0.2) is 29.1 Å². The molecule has 0 aromatic heterocycles. The van der Waals surface area contributed by atoms with Gasteiger partial charge < -0.3 is 10.4 Å². The Labute approximate surface area is 120 Å². The molecule has 1 aromatic carbocycles. The fourth-order valence-corrected chi connectivity index (χ4v) is 1.81. The molecule has 0 unspecified atom stereocenters. The van der Waals surface area contributed by atoms with E-state index in [2.05, 4.69) is 26.6 Å². The van der Waals surface area contributed by atoms with E-state index in [1.54, 1.807) is 6.07 Å². The smallest absolute Gasteiger partial charge is 0.323 e. The van der Waals surface area contributed by atoms with Crippen molar-refractivity contribution < 1.29 is 14.7 Å². The number of halogens is 1. The van der Waals surface area contributed by atoms with Crippen molar-refractivity contribution in [2.24, 2.45) is 0 Å². The Hall–Kier alpha value is -1.40. The summed E-state index contributed by atoms with van der Waals surface area (Å²) in [5, 5.41) is 14.3. The molecule has 0 spiro atoms. The monoisotopic (exact) mass is 328 g/mol. The zero-order valence-corrected chi connectivity index (χ0v) is 12.7. The third-order valence-electron chi connectivity index (χ3n) is 2.69. The molecule has 19 heavy (non-hydrogen) atoms. The lowest BCUT2D eigenvalue weighted by molar-refractivity contribution is -0.143. The molecule has 3 N–H and O–H groups in total. The predicted octanol–water partition coefficient (Wildman–Crippen LogP) is 2.15. The molecule has 1 rings (SSSR count). The van der Waals surface area contributed by atoms with Crippen LogP contribution in [0.4, 0.5) is 5.69 Å². The van der Waals surface area contributed by atoms with Crippen LogP contribution in [0.3, 0.4) is 0 Å². The second kappa shape index (κ2) is 6.16. The molecule has 6 heteroatoms. The van der Waals surface area contributed by atoms with Gasteiger partial charge in [0.05, 0.1) is 6.54 Å². The Morgan fingerprint density at radius 1 is 1.37 bits per heavy atom. The molecule has 0 saturated carbocycles. The first-order chi connectivity index (χ1) is 8.72. The fraction of sp³-hybridized carbons (Fsp3) is 0.385. The molecule has 1 amide bonds. The Balaban J connectivity index is 2.59. The molecule has 0 aliphatic heterocycles. The van der Waals surface area contributed by atoms with Crippen LogP contribution in [0.15, 0.2) is 22.7 Å². The van der Waals surface area contributed by atoms with Crippen molar-refractivity contribution in [2.45, 2.75) is 26.3 Å². The number of carboxylic acid groups (broad SMARTS) is 1. The van der Waals surface area contributed by atoms with Crippen LogP contribution in [0.2, 0.25) is 0 Å². The van der Waals surface area contributed by atoms with Gasteiger partial charge in [0, 0.05) is 10.2 Å². The van der Waals surface area contributed by atoms with Gasteiger partial charge in [-0.1, -0.05) is 15.9 Å². The third kappa shape index (κ3) is 4.65. The minimum atomic E-state index is -1.13. The van der Waals surface area contributed by atoms with Crippen LogP contribution < -0.4 is 10.6 Å². The van der Waals surface area contributed by atoms with E-state index in [-0.39, 0.29) is 12.5 Å². The van der Waals surface area contributed by atoms with Crippen molar-refractivity contribution in [2.75, 3.05) is 11.9 Å². The average molecular weight is 329 g/mol. The average Bonchev–Trinajstić information content (AvgIpc) is 2.30. The van der Waals surface area contributed by atoms with E-state index >= 15 is 0 Å². The first-order valence-corrected chi connectivity index (χ1v) is 6.56. The molecule has 0 radical (unpaired) electrons. The zero-order chi connectivity index (χ0) is 14.6. The number of carboxylic acids is 1. The molecule has 0 saturated heterocycles. The molecule has 5 nitrogen and oxygen atoms in total. The lowest BCUT2D eigenvalue weighted by atomic mass is 10.1. The van der Waals surface area contributed by atoms with E-state index in [4.69, 9.17) is 5.11 Å². The van der Waals surface area contributed by atoms with Gasteiger partial charge in [0.25, 0.3) is 0 Å². The number of aliphatic carboxylic acids is 1. The summed E-state index contributed by atoms with van der Waals surface area (Å²) in [7, 11) is 0. The van der Waals surface area contributed by atoms with E-state index in [9.17, 15) is 9.59 Å². The molecule has 0 aliphatic carbocycles. The normalized spacial score (nSPS) is 11.2.